The molecule has 6 N–H and O–H groups in total. The van der Waals surface area contributed by atoms with Crippen LogP contribution in [-0.2, 0) is 22.4 Å². The first-order valence-electron chi connectivity index (χ1n) is 7.61. The van der Waals surface area contributed by atoms with E-state index in [1.165, 1.54) is 18.3 Å². The molecule has 9 heteroatoms. The molecule has 0 saturated carbocycles. The van der Waals surface area contributed by atoms with Crippen molar-refractivity contribution in [1.82, 2.24) is 10.3 Å². The van der Waals surface area contributed by atoms with E-state index in [2.05, 4.69) is 20.9 Å². The van der Waals surface area contributed by atoms with Gasteiger partial charge in [-0.3, -0.25) is 15.0 Å². The Bertz CT molecular complexity index is 756. The van der Waals surface area contributed by atoms with Gasteiger partial charge in [0.25, 0.3) is 0 Å². The van der Waals surface area contributed by atoms with E-state index in [0.29, 0.717) is 10.8 Å². The number of aromatic nitrogens is 1. The van der Waals surface area contributed by atoms with E-state index in [1.807, 2.05) is 29.6 Å². The van der Waals surface area contributed by atoms with Crippen LogP contribution in [0.5, 0.6) is 0 Å². The second-order valence-corrected chi connectivity index (χ2v) is 6.20. The van der Waals surface area contributed by atoms with E-state index in [0.717, 1.165) is 24.1 Å². The number of hydrogen-bond donors (Lipinski definition) is 5. The third-order valence-electron chi connectivity index (χ3n) is 3.18. The Labute approximate surface area is 149 Å². The number of amides is 2. The molecule has 1 aromatic carbocycles. The van der Waals surface area contributed by atoms with Crippen LogP contribution in [-0.4, -0.2) is 29.3 Å². The fourth-order valence-electron chi connectivity index (χ4n) is 2.04. The lowest BCUT2D eigenvalue weighted by molar-refractivity contribution is -0.115. The van der Waals surface area contributed by atoms with Crippen molar-refractivity contribution in [2.24, 2.45) is 5.73 Å². The fraction of sp³-hybridized carbons (Fsp3) is 0.250. The second kappa shape index (κ2) is 8.78. The van der Waals surface area contributed by atoms with Crippen molar-refractivity contribution in [3.63, 3.8) is 0 Å². The first-order valence-corrected chi connectivity index (χ1v) is 8.49. The molecule has 0 bridgehead atoms. The minimum absolute atomic E-state index is 0.0441. The van der Waals surface area contributed by atoms with E-state index in [1.54, 1.807) is 0 Å². The van der Waals surface area contributed by atoms with Crippen molar-refractivity contribution >= 4 is 39.9 Å². The summed E-state index contributed by atoms with van der Waals surface area (Å²) < 4.78 is 0. The summed E-state index contributed by atoms with van der Waals surface area (Å²) in [4.78, 5) is 27.0. The predicted molar refractivity (Wildman–Crippen MR) is 98.8 cm³/mol. The zero-order chi connectivity index (χ0) is 18.2. The van der Waals surface area contributed by atoms with E-state index in [-0.39, 0.29) is 24.3 Å². The van der Waals surface area contributed by atoms with Gasteiger partial charge < -0.3 is 21.7 Å². The number of nitrogens with zero attached hydrogens (tertiary/aromatic N) is 1. The highest BCUT2D eigenvalue weighted by molar-refractivity contribution is 7.13. The molecule has 1 heterocycles. The summed E-state index contributed by atoms with van der Waals surface area (Å²) in [6.45, 7) is 1.41. The third-order valence-corrected chi connectivity index (χ3v) is 3.99. The van der Waals surface area contributed by atoms with Crippen LogP contribution in [0.1, 0.15) is 18.2 Å². The maximum atomic E-state index is 11.6. The van der Waals surface area contributed by atoms with Crippen molar-refractivity contribution < 1.29 is 9.59 Å². The van der Waals surface area contributed by atoms with Crippen LogP contribution in [0.25, 0.3) is 0 Å². The lowest BCUT2D eigenvalue weighted by atomic mass is 10.1. The zero-order valence-electron chi connectivity index (χ0n) is 13.8. The van der Waals surface area contributed by atoms with Gasteiger partial charge >= 0.3 is 0 Å². The lowest BCUT2D eigenvalue weighted by Gasteiger charge is -2.07. The predicted octanol–water partition coefficient (Wildman–Crippen LogP) is 1.31. The van der Waals surface area contributed by atoms with Crippen molar-refractivity contribution in [3.8, 4) is 0 Å². The minimum atomic E-state index is -0.268. The monoisotopic (exact) mass is 360 g/mol. The summed E-state index contributed by atoms with van der Waals surface area (Å²) >= 11 is 1.41. The summed E-state index contributed by atoms with van der Waals surface area (Å²) in [5.74, 6) is -0.637. The number of nitrogens with one attached hydrogen (secondary N) is 4. The first kappa shape index (κ1) is 18.4. The average molecular weight is 360 g/mol. The number of benzene rings is 1. The molecule has 132 valence electrons. The summed E-state index contributed by atoms with van der Waals surface area (Å²) in [5, 5.41) is 17.4. The van der Waals surface area contributed by atoms with Crippen molar-refractivity contribution in [2.45, 2.75) is 19.8 Å². The highest BCUT2D eigenvalue weighted by atomic mass is 32.1. The number of rotatable bonds is 7. The van der Waals surface area contributed by atoms with Crippen LogP contribution in [0.15, 0.2) is 29.6 Å². The number of hydrogen-bond acceptors (Lipinski definition) is 5. The normalized spacial score (nSPS) is 10.1. The fourth-order valence-corrected chi connectivity index (χ4v) is 2.83. The third kappa shape index (κ3) is 6.60. The molecule has 0 saturated heterocycles. The van der Waals surface area contributed by atoms with Crippen LogP contribution in [0.2, 0.25) is 0 Å². The summed E-state index contributed by atoms with van der Waals surface area (Å²) in [6, 6.07) is 7.53. The minimum Gasteiger partial charge on any atom is -0.370 e. The molecule has 0 aliphatic rings. The molecule has 2 amide bonds. The molecular formula is C16H20N6O2S. The van der Waals surface area contributed by atoms with Gasteiger partial charge in [-0.25, -0.2) is 4.98 Å². The zero-order valence-corrected chi connectivity index (χ0v) is 14.6. The SMILES string of the molecule is CC(=O)Nc1nc(CCc2ccc(NC(=O)CNC(=N)N)cc2)cs1. The van der Waals surface area contributed by atoms with Gasteiger partial charge in [-0.15, -0.1) is 11.3 Å². The molecular weight excluding hydrogens is 340 g/mol. The molecule has 0 radical (unpaired) electrons. The number of nitrogens with two attached hydrogens (primary N) is 1. The van der Waals surface area contributed by atoms with Crippen molar-refractivity contribution in [2.75, 3.05) is 17.2 Å². The molecule has 0 spiro atoms. The summed E-state index contributed by atoms with van der Waals surface area (Å²) in [6.07, 6.45) is 1.58. The van der Waals surface area contributed by atoms with Gasteiger partial charge in [0.2, 0.25) is 11.8 Å². The van der Waals surface area contributed by atoms with Gasteiger partial charge in [0, 0.05) is 18.0 Å². The summed E-state index contributed by atoms with van der Waals surface area (Å²) in [7, 11) is 0. The average Bonchev–Trinajstić information content (AvgIpc) is 2.99. The first-order chi connectivity index (χ1) is 11.9. The van der Waals surface area contributed by atoms with Crippen molar-refractivity contribution in [3.05, 3.63) is 40.9 Å². The Kier molecular flexibility index (Phi) is 6.47. The van der Waals surface area contributed by atoms with Gasteiger partial charge in [0.15, 0.2) is 11.1 Å². The largest absolute Gasteiger partial charge is 0.370 e. The van der Waals surface area contributed by atoms with E-state index < -0.39 is 0 Å². The van der Waals surface area contributed by atoms with E-state index in [4.69, 9.17) is 11.1 Å². The molecule has 1 aromatic heterocycles. The Hall–Kier alpha value is -2.94. The van der Waals surface area contributed by atoms with Crippen LogP contribution in [0.3, 0.4) is 0 Å². The quantitative estimate of drug-likeness (QED) is 0.375. The van der Waals surface area contributed by atoms with Gasteiger partial charge in [-0.05, 0) is 30.5 Å². The number of aryl methyl sites for hydroxylation is 2. The van der Waals surface area contributed by atoms with E-state index >= 15 is 0 Å². The number of carbonyl (C=O) groups is 2. The Morgan fingerprint density at radius 2 is 1.92 bits per heavy atom. The van der Waals surface area contributed by atoms with Gasteiger partial charge in [-0.2, -0.15) is 0 Å². The molecule has 0 unspecified atom stereocenters. The number of carbonyl (C=O) groups excluding carboxylic acids is 2. The molecule has 25 heavy (non-hydrogen) atoms. The number of thiazole rings is 1. The summed E-state index contributed by atoms with van der Waals surface area (Å²) in [5.41, 5.74) is 7.86. The Morgan fingerprint density at radius 1 is 1.20 bits per heavy atom. The van der Waals surface area contributed by atoms with E-state index in [9.17, 15) is 9.59 Å². The van der Waals surface area contributed by atoms with Gasteiger partial charge in [0.05, 0.1) is 12.2 Å². The van der Waals surface area contributed by atoms with Crippen LogP contribution < -0.4 is 21.7 Å². The number of anilines is 2. The van der Waals surface area contributed by atoms with Crippen LogP contribution in [0.4, 0.5) is 10.8 Å². The Morgan fingerprint density at radius 3 is 2.56 bits per heavy atom. The molecule has 8 nitrogen and oxygen atoms in total. The molecule has 0 aliphatic carbocycles. The lowest BCUT2D eigenvalue weighted by Crippen LogP contribution is -2.36. The maximum absolute atomic E-state index is 11.6. The second-order valence-electron chi connectivity index (χ2n) is 5.34. The smallest absolute Gasteiger partial charge is 0.243 e. The van der Waals surface area contributed by atoms with Crippen LogP contribution in [0, 0.1) is 5.41 Å². The highest BCUT2D eigenvalue weighted by Crippen LogP contribution is 2.17. The van der Waals surface area contributed by atoms with Crippen molar-refractivity contribution in [1.29, 1.82) is 5.41 Å². The highest BCUT2D eigenvalue weighted by Gasteiger charge is 2.05. The topological polar surface area (TPSA) is 133 Å². The molecule has 0 atom stereocenters. The molecule has 0 aliphatic heterocycles. The maximum Gasteiger partial charge on any atom is 0.243 e. The molecule has 2 aromatic rings. The molecule has 2 rings (SSSR count). The standard InChI is InChI=1S/C16H20N6O2S/c1-10(23)20-16-22-13(9-25-16)7-4-11-2-5-12(6-3-11)21-14(24)8-19-15(17)18/h2-3,5-6,9H,4,7-8H2,1H3,(H,21,24)(H4,17,18,19)(H,20,22,23). The Balaban J connectivity index is 1.81. The molecule has 0 fully saturated rings. The number of guanidine groups is 1. The van der Waals surface area contributed by atoms with Crippen LogP contribution >= 0.6 is 11.3 Å². The van der Waals surface area contributed by atoms with Gasteiger partial charge in [-0.1, -0.05) is 12.1 Å². The van der Waals surface area contributed by atoms with Gasteiger partial charge in [0.1, 0.15) is 0 Å².